The standard InChI is InChI=1S/C9H14N4/c1-13-9(11-7-12-13)5-8-3-2-4-10-6-8/h5,7,10H,2-4,6H2,1H3. The Morgan fingerprint density at radius 3 is 3.15 bits per heavy atom. The van der Waals surface area contributed by atoms with Crippen LogP contribution in [0, 0.1) is 0 Å². The van der Waals surface area contributed by atoms with Gasteiger partial charge in [-0.15, -0.1) is 0 Å². The SMILES string of the molecule is Cn1ncnc1C=C1CCCNC1. The van der Waals surface area contributed by atoms with Crippen LogP contribution in [0.25, 0.3) is 6.08 Å². The summed E-state index contributed by atoms with van der Waals surface area (Å²) in [7, 11) is 1.91. The van der Waals surface area contributed by atoms with E-state index in [1.54, 1.807) is 11.0 Å². The zero-order valence-corrected chi connectivity index (χ0v) is 7.82. The molecule has 0 amide bonds. The van der Waals surface area contributed by atoms with Crippen LogP contribution < -0.4 is 5.32 Å². The molecule has 1 saturated heterocycles. The summed E-state index contributed by atoms with van der Waals surface area (Å²) in [6.07, 6.45) is 6.12. The molecule has 2 rings (SSSR count). The fourth-order valence-corrected chi connectivity index (χ4v) is 1.52. The summed E-state index contributed by atoms with van der Waals surface area (Å²) in [5.41, 5.74) is 1.42. The molecule has 0 aromatic carbocycles. The Balaban J connectivity index is 2.14. The highest BCUT2D eigenvalue weighted by atomic mass is 15.3. The number of hydrogen-bond acceptors (Lipinski definition) is 3. The largest absolute Gasteiger partial charge is 0.313 e. The summed E-state index contributed by atoms with van der Waals surface area (Å²) < 4.78 is 1.79. The summed E-state index contributed by atoms with van der Waals surface area (Å²) in [5.74, 6) is 0.943. The minimum atomic E-state index is 0.943. The van der Waals surface area contributed by atoms with E-state index in [1.807, 2.05) is 7.05 Å². The molecule has 0 radical (unpaired) electrons. The molecule has 4 nitrogen and oxygen atoms in total. The molecule has 1 aromatic heterocycles. The number of rotatable bonds is 1. The Bertz CT molecular complexity index is 305. The molecule has 1 N–H and O–H groups in total. The highest BCUT2D eigenvalue weighted by molar-refractivity contribution is 5.45. The Morgan fingerprint density at radius 1 is 1.62 bits per heavy atom. The zero-order valence-electron chi connectivity index (χ0n) is 7.82. The molecule has 70 valence electrons. The van der Waals surface area contributed by atoms with Gasteiger partial charge in [0.05, 0.1) is 0 Å². The first kappa shape index (κ1) is 8.44. The van der Waals surface area contributed by atoms with Crippen molar-refractivity contribution in [2.24, 2.45) is 7.05 Å². The summed E-state index contributed by atoms with van der Waals surface area (Å²) in [4.78, 5) is 4.16. The lowest BCUT2D eigenvalue weighted by atomic mass is 10.1. The second-order valence-corrected chi connectivity index (χ2v) is 3.32. The van der Waals surface area contributed by atoms with E-state index in [0.29, 0.717) is 0 Å². The van der Waals surface area contributed by atoms with Crippen molar-refractivity contribution in [3.05, 3.63) is 17.7 Å². The quantitative estimate of drug-likeness (QED) is 0.684. The van der Waals surface area contributed by atoms with E-state index in [1.165, 1.54) is 18.4 Å². The number of aromatic nitrogens is 3. The highest BCUT2D eigenvalue weighted by Crippen LogP contribution is 2.11. The fourth-order valence-electron chi connectivity index (χ4n) is 1.52. The summed E-state index contributed by atoms with van der Waals surface area (Å²) in [6.45, 7) is 2.13. The van der Waals surface area contributed by atoms with Gasteiger partial charge in [0.15, 0.2) is 0 Å². The maximum Gasteiger partial charge on any atom is 0.150 e. The second-order valence-electron chi connectivity index (χ2n) is 3.32. The van der Waals surface area contributed by atoms with Crippen molar-refractivity contribution in [2.75, 3.05) is 13.1 Å². The van der Waals surface area contributed by atoms with Crippen LogP contribution >= 0.6 is 0 Å². The van der Waals surface area contributed by atoms with Crippen LogP contribution in [-0.2, 0) is 7.05 Å². The van der Waals surface area contributed by atoms with Crippen molar-refractivity contribution in [1.29, 1.82) is 0 Å². The van der Waals surface area contributed by atoms with Gasteiger partial charge in [0.25, 0.3) is 0 Å². The minimum Gasteiger partial charge on any atom is -0.313 e. The zero-order chi connectivity index (χ0) is 9.10. The van der Waals surface area contributed by atoms with Crippen LogP contribution in [0.5, 0.6) is 0 Å². The van der Waals surface area contributed by atoms with E-state index >= 15 is 0 Å². The first-order valence-corrected chi connectivity index (χ1v) is 4.60. The fraction of sp³-hybridized carbons (Fsp3) is 0.556. The lowest BCUT2D eigenvalue weighted by molar-refractivity contribution is 0.612. The molecule has 0 aliphatic carbocycles. The Morgan fingerprint density at radius 2 is 2.54 bits per heavy atom. The first-order valence-electron chi connectivity index (χ1n) is 4.60. The molecule has 0 unspecified atom stereocenters. The van der Waals surface area contributed by atoms with E-state index in [-0.39, 0.29) is 0 Å². The van der Waals surface area contributed by atoms with Crippen LogP contribution in [0.3, 0.4) is 0 Å². The van der Waals surface area contributed by atoms with Gasteiger partial charge in [-0.1, -0.05) is 5.57 Å². The third-order valence-corrected chi connectivity index (χ3v) is 2.28. The van der Waals surface area contributed by atoms with Crippen molar-refractivity contribution in [1.82, 2.24) is 20.1 Å². The second kappa shape index (κ2) is 3.70. The van der Waals surface area contributed by atoms with Gasteiger partial charge in [0, 0.05) is 13.6 Å². The van der Waals surface area contributed by atoms with Crippen LogP contribution in [0.4, 0.5) is 0 Å². The molecular weight excluding hydrogens is 164 g/mol. The van der Waals surface area contributed by atoms with Crippen molar-refractivity contribution >= 4 is 6.08 Å². The van der Waals surface area contributed by atoms with Gasteiger partial charge in [0.2, 0.25) is 0 Å². The van der Waals surface area contributed by atoms with Gasteiger partial charge in [0.1, 0.15) is 12.2 Å². The highest BCUT2D eigenvalue weighted by Gasteiger charge is 2.05. The maximum absolute atomic E-state index is 4.16. The molecule has 0 atom stereocenters. The van der Waals surface area contributed by atoms with Crippen LogP contribution in [-0.4, -0.2) is 27.9 Å². The lowest BCUT2D eigenvalue weighted by Gasteiger charge is -2.14. The predicted octanol–water partition coefficient (Wildman–Crippen LogP) is 0.582. The molecule has 1 aromatic rings. The molecule has 0 bridgehead atoms. The van der Waals surface area contributed by atoms with Crippen molar-refractivity contribution in [2.45, 2.75) is 12.8 Å². The first-order chi connectivity index (χ1) is 6.36. The van der Waals surface area contributed by atoms with Crippen molar-refractivity contribution < 1.29 is 0 Å². The molecule has 1 aliphatic rings. The van der Waals surface area contributed by atoms with Gasteiger partial charge in [-0.25, -0.2) is 9.67 Å². The number of nitrogens with one attached hydrogen (secondary N) is 1. The van der Waals surface area contributed by atoms with Crippen LogP contribution in [0.2, 0.25) is 0 Å². The Labute approximate surface area is 77.7 Å². The summed E-state index contributed by atoms with van der Waals surface area (Å²) in [6, 6.07) is 0. The van der Waals surface area contributed by atoms with E-state index in [2.05, 4.69) is 21.5 Å². The average molecular weight is 178 g/mol. The number of aryl methyl sites for hydroxylation is 1. The number of nitrogens with zero attached hydrogens (tertiary/aromatic N) is 3. The Kier molecular flexibility index (Phi) is 2.40. The molecule has 1 aliphatic heterocycles. The molecular formula is C9H14N4. The summed E-state index contributed by atoms with van der Waals surface area (Å²) in [5, 5.41) is 7.36. The molecule has 0 spiro atoms. The molecule has 13 heavy (non-hydrogen) atoms. The molecule has 4 heteroatoms. The minimum absolute atomic E-state index is 0.943. The third-order valence-electron chi connectivity index (χ3n) is 2.28. The van der Waals surface area contributed by atoms with Gasteiger partial charge in [-0.05, 0) is 25.5 Å². The van der Waals surface area contributed by atoms with E-state index in [9.17, 15) is 0 Å². The lowest BCUT2D eigenvalue weighted by Crippen LogP contribution is -2.23. The molecule has 1 fully saturated rings. The maximum atomic E-state index is 4.16. The Hall–Kier alpha value is -1.16. The normalized spacial score (nSPS) is 20.8. The van der Waals surface area contributed by atoms with E-state index in [0.717, 1.165) is 18.9 Å². The van der Waals surface area contributed by atoms with Crippen LogP contribution in [0.1, 0.15) is 18.7 Å². The smallest absolute Gasteiger partial charge is 0.150 e. The number of hydrogen-bond donors (Lipinski definition) is 1. The third kappa shape index (κ3) is 1.95. The van der Waals surface area contributed by atoms with E-state index in [4.69, 9.17) is 0 Å². The van der Waals surface area contributed by atoms with Crippen molar-refractivity contribution in [3.8, 4) is 0 Å². The molecule has 2 heterocycles. The van der Waals surface area contributed by atoms with Crippen LogP contribution in [0.15, 0.2) is 11.9 Å². The van der Waals surface area contributed by atoms with Gasteiger partial charge in [-0.3, -0.25) is 0 Å². The monoisotopic (exact) mass is 178 g/mol. The molecule has 0 saturated carbocycles. The van der Waals surface area contributed by atoms with E-state index < -0.39 is 0 Å². The van der Waals surface area contributed by atoms with Gasteiger partial charge >= 0.3 is 0 Å². The topological polar surface area (TPSA) is 42.7 Å². The average Bonchev–Trinajstić information content (AvgIpc) is 2.54. The van der Waals surface area contributed by atoms with Gasteiger partial charge < -0.3 is 5.32 Å². The number of piperidine rings is 1. The predicted molar refractivity (Wildman–Crippen MR) is 51.1 cm³/mol. The van der Waals surface area contributed by atoms with Crippen molar-refractivity contribution in [3.63, 3.8) is 0 Å². The summed E-state index contributed by atoms with van der Waals surface area (Å²) >= 11 is 0. The van der Waals surface area contributed by atoms with Gasteiger partial charge in [-0.2, -0.15) is 5.10 Å².